The molecule has 134 valence electrons. The van der Waals surface area contributed by atoms with Crippen LogP contribution in [-0.2, 0) is 0 Å². The Hall–Kier alpha value is -2.96. The molecule has 0 spiro atoms. The topological polar surface area (TPSA) is 86.0 Å². The molecule has 1 aromatic carbocycles. The van der Waals surface area contributed by atoms with E-state index in [1.165, 1.54) is 32.1 Å². The van der Waals surface area contributed by atoms with Crippen LogP contribution in [0.2, 0.25) is 0 Å². The minimum absolute atomic E-state index is 0.354. The van der Waals surface area contributed by atoms with Crippen molar-refractivity contribution in [2.75, 3.05) is 12.4 Å². The summed E-state index contributed by atoms with van der Waals surface area (Å²) in [5.41, 5.74) is 1.41. The lowest BCUT2D eigenvalue weighted by molar-refractivity contribution is 0.414. The molecule has 7 heteroatoms. The normalized spacial score (nSPS) is 15.0. The molecular formula is C19H21N5O2. The largest absolute Gasteiger partial charge is 0.497 e. The van der Waals surface area contributed by atoms with Crippen LogP contribution in [0.1, 0.15) is 32.1 Å². The average molecular weight is 351 g/mol. The van der Waals surface area contributed by atoms with Gasteiger partial charge in [0.2, 0.25) is 5.82 Å². The SMILES string of the molecule is COc1ccc(-c2noc(-c3ccc(NC4CCCCC4)nn3)n2)cc1. The molecule has 0 saturated heterocycles. The summed E-state index contributed by atoms with van der Waals surface area (Å²) in [6, 6.07) is 11.7. The van der Waals surface area contributed by atoms with Crippen molar-refractivity contribution in [2.45, 2.75) is 38.1 Å². The minimum Gasteiger partial charge on any atom is -0.497 e. The van der Waals surface area contributed by atoms with Gasteiger partial charge in [0.05, 0.1) is 7.11 Å². The summed E-state index contributed by atoms with van der Waals surface area (Å²) >= 11 is 0. The van der Waals surface area contributed by atoms with Gasteiger partial charge in [-0.15, -0.1) is 10.2 Å². The molecule has 2 heterocycles. The molecule has 7 nitrogen and oxygen atoms in total. The molecule has 1 fully saturated rings. The second-order valence-corrected chi connectivity index (χ2v) is 6.43. The Kier molecular flexibility index (Phi) is 4.77. The predicted octanol–water partition coefficient (Wildman–Crippen LogP) is 3.95. The van der Waals surface area contributed by atoms with Crippen molar-refractivity contribution in [1.29, 1.82) is 0 Å². The molecule has 0 bridgehead atoms. The summed E-state index contributed by atoms with van der Waals surface area (Å²) in [6.07, 6.45) is 6.27. The maximum absolute atomic E-state index is 5.34. The van der Waals surface area contributed by atoms with E-state index >= 15 is 0 Å². The number of anilines is 1. The van der Waals surface area contributed by atoms with Gasteiger partial charge in [-0.25, -0.2) is 0 Å². The van der Waals surface area contributed by atoms with Crippen LogP contribution in [0.15, 0.2) is 40.9 Å². The van der Waals surface area contributed by atoms with Crippen LogP contribution < -0.4 is 10.1 Å². The van der Waals surface area contributed by atoms with Gasteiger partial charge < -0.3 is 14.6 Å². The minimum atomic E-state index is 0.354. The van der Waals surface area contributed by atoms with Crippen molar-refractivity contribution in [2.24, 2.45) is 0 Å². The van der Waals surface area contributed by atoms with Crippen molar-refractivity contribution < 1.29 is 9.26 Å². The number of rotatable bonds is 5. The molecule has 1 N–H and O–H groups in total. The van der Waals surface area contributed by atoms with Gasteiger partial charge >= 0.3 is 0 Å². The Labute approximate surface area is 151 Å². The smallest absolute Gasteiger partial charge is 0.278 e. The molecule has 0 radical (unpaired) electrons. The fraction of sp³-hybridized carbons (Fsp3) is 0.368. The molecule has 4 rings (SSSR count). The van der Waals surface area contributed by atoms with Crippen LogP contribution in [0.25, 0.3) is 23.0 Å². The number of methoxy groups -OCH3 is 1. The second-order valence-electron chi connectivity index (χ2n) is 6.43. The van der Waals surface area contributed by atoms with E-state index < -0.39 is 0 Å². The van der Waals surface area contributed by atoms with Gasteiger partial charge in [-0.1, -0.05) is 24.4 Å². The van der Waals surface area contributed by atoms with Gasteiger partial charge in [-0.2, -0.15) is 4.98 Å². The Morgan fingerprint density at radius 3 is 2.50 bits per heavy atom. The van der Waals surface area contributed by atoms with Crippen molar-refractivity contribution in [1.82, 2.24) is 20.3 Å². The zero-order valence-electron chi connectivity index (χ0n) is 14.7. The van der Waals surface area contributed by atoms with E-state index in [9.17, 15) is 0 Å². The Bertz CT molecular complexity index is 839. The lowest BCUT2D eigenvalue weighted by Crippen LogP contribution is -2.22. The fourth-order valence-corrected chi connectivity index (χ4v) is 3.16. The summed E-state index contributed by atoms with van der Waals surface area (Å²) in [5.74, 6) is 2.43. The summed E-state index contributed by atoms with van der Waals surface area (Å²) < 4.78 is 10.5. The molecular weight excluding hydrogens is 330 g/mol. The van der Waals surface area contributed by atoms with Crippen LogP contribution in [0, 0.1) is 0 Å². The monoisotopic (exact) mass is 351 g/mol. The summed E-state index contributed by atoms with van der Waals surface area (Å²) in [4.78, 5) is 4.41. The highest BCUT2D eigenvalue weighted by Gasteiger charge is 2.15. The Morgan fingerprint density at radius 1 is 1.00 bits per heavy atom. The third-order valence-corrected chi connectivity index (χ3v) is 4.62. The maximum Gasteiger partial charge on any atom is 0.278 e. The van der Waals surface area contributed by atoms with Crippen molar-refractivity contribution in [3.05, 3.63) is 36.4 Å². The Balaban J connectivity index is 1.46. The zero-order chi connectivity index (χ0) is 17.8. The molecule has 1 aliphatic carbocycles. The number of aromatic nitrogens is 4. The first-order valence-electron chi connectivity index (χ1n) is 8.90. The van der Waals surface area contributed by atoms with Gasteiger partial charge in [0.15, 0.2) is 5.69 Å². The molecule has 0 unspecified atom stereocenters. The van der Waals surface area contributed by atoms with E-state index in [2.05, 4.69) is 25.7 Å². The number of ether oxygens (including phenoxy) is 1. The number of hydrogen-bond donors (Lipinski definition) is 1. The second kappa shape index (κ2) is 7.51. The number of benzene rings is 1. The number of hydrogen-bond acceptors (Lipinski definition) is 7. The molecule has 1 aliphatic rings. The van der Waals surface area contributed by atoms with Crippen molar-refractivity contribution in [3.8, 4) is 28.7 Å². The fourth-order valence-electron chi connectivity index (χ4n) is 3.16. The van der Waals surface area contributed by atoms with Crippen LogP contribution in [0.5, 0.6) is 5.75 Å². The summed E-state index contributed by atoms with van der Waals surface area (Å²) in [5, 5.41) is 15.9. The molecule has 2 aromatic heterocycles. The van der Waals surface area contributed by atoms with Gasteiger partial charge in [0.1, 0.15) is 11.6 Å². The van der Waals surface area contributed by atoms with E-state index in [0.717, 1.165) is 17.1 Å². The van der Waals surface area contributed by atoms with Crippen molar-refractivity contribution in [3.63, 3.8) is 0 Å². The average Bonchev–Trinajstić information content (AvgIpc) is 3.20. The summed E-state index contributed by atoms with van der Waals surface area (Å²) in [6.45, 7) is 0. The highest BCUT2D eigenvalue weighted by molar-refractivity contribution is 5.59. The maximum atomic E-state index is 5.34. The highest BCUT2D eigenvalue weighted by Crippen LogP contribution is 2.24. The van der Waals surface area contributed by atoms with Gasteiger partial charge in [-0.05, 0) is 49.2 Å². The van der Waals surface area contributed by atoms with E-state index in [4.69, 9.17) is 9.26 Å². The molecule has 26 heavy (non-hydrogen) atoms. The number of nitrogens with zero attached hydrogens (tertiary/aromatic N) is 4. The van der Waals surface area contributed by atoms with Gasteiger partial charge in [0, 0.05) is 11.6 Å². The van der Waals surface area contributed by atoms with E-state index in [1.807, 2.05) is 36.4 Å². The first-order valence-corrected chi connectivity index (χ1v) is 8.90. The van der Waals surface area contributed by atoms with Crippen LogP contribution in [0.4, 0.5) is 5.82 Å². The van der Waals surface area contributed by atoms with Crippen LogP contribution >= 0.6 is 0 Å². The third-order valence-electron chi connectivity index (χ3n) is 4.62. The first kappa shape index (κ1) is 16.5. The zero-order valence-corrected chi connectivity index (χ0v) is 14.7. The molecule has 0 amide bonds. The third kappa shape index (κ3) is 3.66. The van der Waals surface area contributed by atoms with Gasteiger partial charge in [-0.3, -0.25) is 0 Å². The molecule has 0 atom stereocenters. The van der Waals surface area contributed by atoms with E-state index in [-0.39, 0.29) is 0 Å². The quantitative estimate of drug-likeness (QED) is 0.745. The highest BCUT2D eigenvalue weighted by atomic mass is 16.5. The predicted molar refractivity (Wildman–Crippen MR) is 97.8 cm³/mol. The van der Waals surface area contributed by atoms with E-state index in [0.29, 0.717) is 23.5 Å². The lowest BCUT2D eigenvalue weighted by atomic mass is 9.95. The molecule has 3 aromatic rings. The van der Waals surface area contributed by atoms with E-state index in [1.54, 1.807) is 7.11 Å². The lowest BCUT2D eigenvalue weighted by Gasteiger charge is -2.22. The first-order chi connectivity index (χ1) is 12.8. The van der Waals surface area contributed by atoms with Crippen LogP contribution in [0.3, 0.4) is 0 Å². The standard InChI is InChI=1S/C19H21N5O2/c1-25-15-9-7-13(8-10-15)18-21-19(26-24-18)16-11-12-17(23-22-16)20-14-5-3-2-4-6-14/h7-12,14H,2-6H2,1H3,(H,20,23). The van der Waals surface area contributed by atoms with Crippen LogP contribution in [-0.4, -0.2) is 33.5 Å². The van der Waals surface area contributed by atoms with Gasteiger partial charge in [0.25, 0.3) is 5.89 Å². The molecule has 1 saturated carbocycles. The number of nitrogens with one attached hydrogen (secondary N) is 1. The van der Waals surface area contributed by atoms with Crippen molar-refractivity contribution >= 4 is 5.82 Å². The molecule has 0 aliphatic heterocycles. The Morgan fingerprint density at radius 2 is 1.81 bits per heavy atom. The summed E-state index contributed by atoms with van der Waals surface area (Å²) in [7, 11) is 1.63.